The maximum absolute atomic E-state index is 12.9. The minimum atomic E-state index is -0.253. The van der Waals surface area contributed by atoms with Crippen molar-refractivity contribution in [1.82, 2.24) is 14.9 Å². The highest BCUT2D eigenvalue weighted by molar-refractivity contribution is 5.79. The highest BCUT2D eigenvalue weighted by Crippen LogP contribution is 2.39. The zero-order valence-corrected chi connectivity index (χ0v) is 16.2. The number of nitrogens with zero attached hydrogens (tertiary/aromatic N) is 4. The van der Waals surface area contributed by atoms with E-state index in [4.69, 9.17) is 15.0 Å². The van der Waals surface area contributed by atoms with Crippen LogP contribution in [0.3, 0.4) is 0 Å². The molecule has 1 aromatic heterocycles. The number of ether oxygens (including phenoxy) is 1. The predicted octanol–water partition coefficient (Wildman–Crippen LogP) is 2.17. The number of nitrogens with one attached hydrogen (secondary N) is 1. The standard InChI is InChI=1S/C22H23N5O2/c23-10-16-3-1-15(2-4-16)9-19(28)27-8-7-22(13-27)14-29-12-17-11-24-21(26-20(17)22)25-18-5-6-18/h1-4,11,18H,5-9,12-14H2,(H,24,25,26)/t22-/m0/s1. The number of benzene rings is 1. The molecule has 7 heteroatoms. The van der Waals surface area contributed by atoms with E-state index in [9.17, 15) is 4.79 Å². The zero-order valence-electron chi connectivity index (χ0n) is 16.2. The molecule has 7 nitrogen and oxygen atoms in total. The van der Waals surface area contributed by atoms with Crippen LogP contribution in [0.15, 0.2) is 30.5 Å². The average molecular weight is 389 g/mol. The number of hydrogen-bond donors (Lipinski definition) is 1. The van der Waals surface area contributed by atoms with Crippen molar-refractivity contribution in [2.45, 2.75) is 43.7 Å². The van der Waals surface area contributed by atoms with E-state index in [1.807, 2.05) is 23.2 Å². The molecule has 2 aromatic rings. The lowest BCUT2D eigenvalue weighted by Crippen LogP contribution is -2.42. The molecule has 1 saturated carbocycles. The van der Waals surface area contributed by atoms with Gasteiger partial charge in [0.2, 0.25) is 11.9 Å². The largest absolute Gasteiger partial charge is 0.376 e. The fourth-order valence-corrected chi connectivity index (χ4v) is 4.26. The summed E-state index contributed by atoms with van der Waals surface area (Å²) < 4.78 is 5.87. The van der Waals surface area contributed by atoms with Gasteiger partial charge in [0, 0.05) is 30.9 Å². The molecule has 2 aliphatic heterocycles. The van der Waals surface area contributed by atoms with Crippen molar-refractivity contribution in [3.8, 4) is 6.07 Å². The molecule has 3 aliphatic rings. The third-order valence-electron chi connectivity index (χ3n) is 6.06. The van der Waals surface area contributed by atoms with Crippen LogP contribution >= 0.6 is 0 Å². The van der Waals surface area contributed by atoms with Gasteiger partial charge in [-0.3, -0.25) is 4.79 Å². The van der Waals surface area contributed by atoms with E-state index in [0.717, 1.165) is 23.2 Å². The first-order valence-electron chi connectivity index (χ1n) is 10.1. The number of rotatable bonds is 4. The van der Waals surface area contributed by atoms with Crippen LogP contribution in [0.2, 0.25) is 0 Å². The Morgan fingerprint density at radius 2 is 2.17 bits per heavy atom. The van der Waals surface area contributed by atoms with Crippen molar-refractivity contribution in [3.63, 3.8) is 0 Å². The van der Waals surface area contributed by atoms with Crippen LogP contribution in [0.5, 0.6) is 0 Å². The van der Waals surface area contributed by atoms with Crippen LogP contribution in [-0.4, -0.2) is 46.5 Å². The molecular formula is C22H23N5O2. The van der Waals surface area contributed by atoms with E-state index in [1.54, 1.807) is 12.1 Å². The maximum Gasteiger partial charge on any atom is 0.227 e. The third-order valence-corrected chi connectivity index (χ3v) is 6.06. The molecule has 1 aliphatic carbocycles. The van der Waals surface area contributed by atoms with Gasteiger partial charge in [0.25, 0.3) is 0 Å². The van der Waals surface area contributed by atoms with Crippen LogP contribution in [0.25, 0.3) is 0 Å². The van der Waals surface area contributed by atoms with Crippen molar-refractivity contribution in [2.75, 3.05) is 25.0 Å². The number of fused-ring (bicyclic) bond motifs is 2. The molecule has 1 spiro atoms. The van der Waals surface area contributed by atoms with Crippen molar-refractivity contribution < 1.29 is 9.53 Å². The van der Waals surface area contributed by atoms with Crippen LogP contribution in [0, 0.1) is 11.3 Å². The Kier molecular flexibility index (Phi) is 4.44. The van der Waals surface area contributed by atoms with Crippen molar-refractivity contribution in [3.05, 3.63) is 52.8 Å². The van der Waals surface area contributed by atoms with Crippen LogP contribution in [0.4, 0.5) is 5.95 Å². The summed E-state index contributed by atoms with van der Waals surface area (Å²) in [6.07, 6.45) is 5.40. The molecule has 29 heavy (non-hydrogen) atoms. The first kappa shape index (κ1) is 18.1. The molecule has 148 valence electrons. The highest BCUT2D eigenvalue weighted by atomic mass is 16.5. The van der Waals surface area contributed by atoms with Crippen LogP contribution in [0.1, 0.15) is 41.6 Å². The Labute approximate surface area is 169 Å². The fourth-order valence-electron chi connectivity index (χ4n) is 4.26. The Morgan fingerprint density at radius 1 is 1.34 bits per heavy atom. The van der Waals surface area contributed by atoms with E-state index < -0.39 is 0 Å². The monoisotopic (exact) mass is 389 g/mol. The Morgan fingerprint density at radius 3 is 2.93 bits per heavy atom. The number of carbonyl (C=O) groups is 1. The van der Waals surface area contributed by atoms with E-state index in [0.29, 0.717) is 50.3 Å². The summed E-state index contributed by atoms with van der Waals surface area (Å²) in [6.45, 7) is 2.43. The molecular weight excluding hydrogens is 366 g/mol. The fraction of sp³-hybridized carbons (Fsp3) is 0.455. The Bertz CT molecular complexity index is 980. The lowest BCUT2D eigenvalue weighted by Gasteiger charge is -2.34. The topological polar surface area (TPSA) is 91.1 Å². The number of hydrogen-bond acceptors (Lipinski definition) is 6. The molecule has 1 amide bonds. The second kappa shape index (κ2) is 7.12. The van der Waals surface area contributed by atoms with Crippen molar-refractivity contribution in [1.29, 1.82) is 5.26 Å². The number of likely N-dealkylation sites (tertiary alicyclic amines) is 1. The molecule has 5 rings (SSSR count). The first-order chi connectivity index (χ1) is 14.1. The SMILES string of the molecule is N#Cc1ccc(CC(=O)N2CC[C@@]3(COCc4cnc(NC5CC5)nc43)C2)cc1. The van der Waals surface area contributed by atoms with E-state index in [-0.39, 0.29) is 11.3 Å². The van der Waals surface area contributed by atoms with Gasteiger partial charge in [0.05, 0.1) is 42.4 Å². The maximum atomic E-state index is 12.9. The number of aromatic nitrogens is 2. The smallest absolute Gasteiger partial charge is 0.227 e. The number of amides is 1. The molecule has 0 radical (unpaired) electrons. The number of carbonyl (C=O) groups excluding carboxylic acids is 1. The summed E-state index contributed by atoms with van der Waals surface area (Å²) in [4.78, 5) is 24.1. The van der Waals surface area contributed by atoms with Gasteiger partial charge in [-0.1, -0.05) is 12.1 Å². The summed E-state index contributed by atoms with van der Waals surface area (Å²) in [7, 11) is 0. The normalized spacial score (nSPS) is 22.9. The molecule has 1 aromatic carbocycles. The van der Waals surface area contributed by atoms with Gasteiger partial charge in [-0.15, -0.1) is 0 Å². The molecule has 0 bridgehead atoms. The van der Waals surface area contributed by atoms with E-state index in [2.05, 4.69) is 16.4 Å². The molecule has 2 fully saturated rings. The van der Waals surface area contributed by atoms with Gasteiger partial charge in [0.1, 0.15) is 0 Å². The molecule has 1 atom stereocenters. The quantitative estimate of drug-likeness (QED) is 0.862. The molecule has 0 unspecified atom stereocenters. The zero-order chi connectivity index (χ0) is 19.8. The number of nitriles is 1. The molecule has 1 saturated heterocycles. The summed E-state index contributed by atoms with van der Waals surface area (Å²) >= 11 is 0. The predicted molar refractivity (Wildman–Crippen MR) is 106 cm³/mol. The Balaban J connectivity index is 1.33. The molecule has 1 N–H and O–H groups in total. The van der Waals surface area contributed by atoms with E-state index in [1.165, 1.54) is 12.8 Å². The summed E-state index contributed by atoms with van der Waals surface area (Å²) in [6, 6.07) is 9.81. The van der Waals surface area contributed by atoms with Gasteiger partial charge in [-0.05, 0) is 37.0 Å². The van der Waals surface area contributed by atoms with Gasteiger partial charge < -0.3 is 15.0 Å². The minimum Gasteiger partial charge on any atom is -0.376 e. The lowest BCUT2D eigenvalue weighted by atomic mass is 9.80. The van der Waals surface area contributed by atoms with Crippen LogP contribution < -0.4 is 5.32 Å². The van der Waals surface area contributed by atoms with Crippen molar-refractivity contribution >= 4 is 11.9 Å². The Hall–Kier alpha value is -2.98. The summed E-state index contributed by atoms with van der Waals surface area (Å²) in [5, 5.41) is 12.3. The van der Waals surface area contributed by atoms with Gasteiger partial charge >= 0.3 is 0 Å². The van der Waals surface area contributed by atoms with Gasteiger partial charge in [-0.25, -0.2) is 9.97 Å². The number of anilines is 1. The second-order valence-electron chi connectivity index (χ2n) is 8.31. The van der Waals surface area contributed by atoms with Crippen LogP contribution in [-0.2, 0) is 28.0 Å². The highest BCUT2D eigenvalue weighted by Gasteiger charge is 2.46. The third kappa shape index (κ3) is 3.56. The summed E-state index contributed by atoms with van der Waals surface area (Å²) in [5.41, 5.74) is 3.34. The van der Waals surface area contributed by atoms with E-state index >= 15 is 0 Å². The first-order valence-corrected chi connectivity index (χ1v) is 10.1. The van der Waals surface area contributed by atoms with Gasteiger partial charge in [-0.2, -0.15) is 5.26 Å². The van der Waals surface area contributed by atoms with Crippen molar-refractivity contribution in [2.24, 2.45) is 0 Å². The minimum absolute atomic E-state index is 0.101. The lowest BCUT2D eigenvalue weighted by molar-refractivity contribution is -0.129. The second-order valence-corrected chi connectivity index (χ2v) is 8.31. The summed E-state index contributed by atoms with van der Waals surface area (Å²) in [5.74, 6) is 0.791. The molecule has 3 heterocycles. The van der Waals surface area contributed by atoms with Gasteiger partial charge in [0.15, 0.2) is 0 Å². The average Bonchev–Trinajstić information content (AvgIpc) is 3.46.